The fourth-order valence-corrected chi connectivity index (χ4v) is 2.49. The smallest absolute Gasteiger partial charge is 0.0798 e. The molecule has 0 bridgehead atoms. The first kappa shape index (κ1) is 14.6. The third-order valence-corrected chi connectivity index (χ3v) is 3.91. The van der Waals surface area contributed by atoms with Gasteiger partial charge in [-0.3, -0.25) is 0 Å². The zero-order chi connectivity index (χ0) is 12.7. The molecule has 0 aliphatic carbocycles. The van der Waals surface area contributed by atoms with Crippen molar-refractivity contribution in [2.45, 2.75) is 19.9 Å². The van der Waals surface area contributed by atoms with Crippen LogP contribution in [-0.4, -0.2) is 50.3 Å². The highest BCUT2D eigenvalue weighted by atomic mass is 32.1. The van der Waals surface area contributed by atoms with Gasteiger partial charge in [0.25, 0.3) is 0 Å². The maximum Gasteiger partial charge on any atom is 0.0798 e. The third kappa shape index (κ3) is 5.12. The van der Waals surface area contributed by atoms with Gasteiger partial charge in [-0.2, -0.15) is 0 Å². The van der Waals surface area contributed by atoms with Crippen molar-refractivity contribution in [3.05, 3.63) is 16.1 Å². The topological polar surface area (TPSA) is 37.4 Å². The van der Waals surface area contributed by atoms with Crippen LogP contribution in [0.1, 0.15) is 23.5 Å². The van der Waals surface area contributed by atoms with E-state index >= 15 is 0 Å². The monoisotopic (exact) mass is 257 g/mol. The van der Waals surface area contributed by atoms with E-state index < -0.39 is 0 Å². The van der Waals surface area contributed by atoms with Gasteiger partial charge in [-0.1, -0.05) is 0 Å². The molecule has 1 N–H and O–H groups in total. The summed E-state index contributed by atoms with van der Waals surface area (Å²) in [6.45, 7) is 8.04. The summed E-state index contributed by atoms with van der Waals surface area (Å²) in [5.74, 6) is 0. The molecule has 17 heavy (non-hydrogen) atoms. The molecular weight excluding hydrogens is 234 g/mol. The number of methoxy groups -OCH3 is 1. The van der Waals surface area contributed by atoms with Gasteiger partial charge >= 0.3 is 0 Å². The molecule has 98 valence electrons. The van der Waals surface area contributed by atoms with Crippen LogP contribution in [0.25, 0.3) is 0 Å². The van der Waals surface area contributed by atoms with Gasteiger partial charge in [0.15, 0.2) is 0 Å². The van der Waals surface area contributed by atoms with Crippen molar-refractivity contribution in [2.24, 2.45) is 0 Å². The van der Waals surface area contributed by atoms with E-state index in [0.29, 0.717) is 6.04 Å². The summed E-state index contributed by atoms with van der Waals surface area (Å²) in [4.78, 5) is 7.88. The van der Waals surface area contributed by atoms with Crippen molar-refractivity contribution < 1.29 is 4.74 Å². The van der Waals surface area contributed by atoms with Crippen LogP contribution in [0.15, 0.2) is 5.51 Å². The first-order valence-corrected chi connectivity index (χ1v) is 6.84. The van der Waals surface area contributed by atoms with Crippen LogP contribution in [-0.2, 0) is 4.74 Å². The van der Waals surface area contributed by atoms with E-state index in [-0.39, 0.29) is 0 Å². The van der Waals surface area contributed by atoms with Crippen LogP contribution in [0.3, 0.4) is 0 Å². The number of aromatic nitrogens is 1. The number of hydrogen-bond donors (Lipinski definition) is 1. The van der Waals surface area contributed by atoms with Gasteiger partial charge in [0.1, 0.15) is 0 Å². The van der Waals surface area contributed by atoms with Crippen LogP contribution in [0.2, 0.25) is 0 Å². The standard InChI is InChI=1S/C12H23N3OS/c1-10(12-11(2)14-9-17-12)13-5-6-15(3)7-8-16-4/h9-10,13H,5-8H2,1-4H3. The zero-order valence-electron chi connectivity index (χ0n) is 11.2. The highest BCUT2D eigenvalue weighted by molar-refractivity contribution is 7.09. The molecule has 1 aromatic rings. The summed E-state index contributed by atoms with van der Waals surface area (Å²) in [6, 6.07) is 0.387. The number of thiazole rings is 1. The van der Waals surface area contributed by atoms with Crippen LogP contribution >= 0.6 is 11.3 Å². The van der Waals surface area contributed by atoms with Crippen molar-refractivity contribution in [2.75, 3.05) is 40.4 Å². The number of likely N-dealkylation sites (N-methyl/N-ethyl adjacent to an activating group) is 1. The second kappa shape index (κ2) is 7.76. The molecule has 0 saturated carbocycles. The highest BCUT2D eigenvalue weighted by Gasteiger charge is 2.10. The first-order valence-electron chi connectivity index (χ1n) is 5.96. The normalized spacial score (nSPS) is 13.2. The Balaban J connectivity index is 2.20. The van der Waals surface area contributed by atoms with Crippen molar-refractivity contribution in [1.82, 2.24) is 15.2 Å². The minimum absolute atomic E-state index is 0.387. The first-order chi connectivity index (χ1) is 8.15. The van der Waals surface area contributed by atoms with Crippen LogP contribution < -0.4 is 5.32 Å². The lowest BCUT2D eigenvalue weighted by atomic mass is 10.2. The minimum Gasteiger partial charge on any atom is -0.383 e. The number of nitrogens with one attached hydrogen (secondary N) is 1. The Hall–Kier alpha value is -0.490. The number of nitrogens with zero attached hydrogens (tertiary/aromatic N) is 2. The van der Waals surface area contributed by atoms with Crippen molar-refractivity contribution in [3.63, 3.8) is 0 Å². The molecule has 0 saturated heterocycles. The number of rotatable bonds is 8. The molecule has 1 atom stereocenters. The summed E-state index contributed by atoms with van der Waals surface area (Å²) in [6.07, 6.45) is 0. The van der Waals surface area contributed by atoms with E-state index in [1.54, 1.807) is 18.4 Å². The summed E-state index contributed by atoms with van der Waals surface area (Å²) < 4.78 is 5.05. The summed E-state index contributed by atoms with van der Waals surface area (Å²) in [5.41, 5.74) is 3.05. The van der Waals surface area contributed by atoms with E-state index in [9.17, 15) is 0 Å². The second-order valence-corrected chi connectivity index (χ2v) is 5.16. The van der Waals surface area contributed by atoms with Gasteiger partial charge in [-0.25, -0.2) is 4.98 Å². The van der Waals surface area contributed by atoms with Crippen LogP contribution in [0.5, 0.6) is 0 Å². The maximum absolute atomic E-state index is 5.05. The molecule has 0 aliphatic heterocycles. The van der Waals surface area contributed by atoms with Gasteiger partial charge in [-0.15, -0.1) is 11.3 Å². The van der Waals surface area contributed by atoms with Crippen molar-refractivity contribution in [1.29, 1.82) is 0 Å². The number of ether oxygens (including phenoxy) is 1. The quantitative estimate of drug-likeness (QED) is 0.769. The Morgan fingerprint density at radius 1 is 1.53 bits per heavy atom. The van der Waals surface area contributed by atoms with Gasteiger partial charge in [0.05, 0.1) is 17.8 Å². The molecule has 1 heterocycles. The van der Waals surface area contributed by atoms with E-state index in [2.05, 4.69) is 36.1 Å². The summed E-state index contributed by atoms with van der Waals surface area (Å²) >= 11 is 1.72. The van der Waals surface area contributed by atoms with Crippen LogP contribution in [0, 0.1) is 6.92 Å². The number of aryl methyl sites for hydroxylation is 1. The minimum atomic E-state index is 0.387. The zero-order valence-corrected chi connectivity index (χ0v) is 12.0. The molecule has 1 rings (SSSR count). The second-order valence-electron chi connectivity index (χ2n) is 4.27. The SMILES string of the molecule is COCCN(C)CCNC(C)c1scnc1C. The van der Waals surface area contributed by atoms with Gasteiger partial charge in [0, 0.05) is 37.7 Å². The molecule has 1 aromatic heterocycles. The Bertz CT molecular complexity index is 316. The molecule has 1 unspecified atom stereocenters. The van der Waals surface area contributed by atoms with E-state index in [1.807, 2.05) is 5.51 Å². The fourth-order valence-electron chi connectivity index (χ4n) is 1.65. The predicted molar refractivity (Wildman–Crippen MR) is 72.6 cm³/mol. The predicted octanol–water partition coefficient (Wildman–Crippen LogP) is 1.68. The molecule has 0 fully saturated rings. The lowest BCUT2D eigenvalue weighted by molar-refractivity contribution is 0.161. The molecule has 0 aromatic carbocycles. The van der Waals surface area contributed by atoms with E-state index in [4.69, 9.17) is 4.74 Å². The summed E-state index contributed by atoms with van der Waals surface area (Å²) in [5, 5.41) is 3.52. The molecule has 0 amide bonds. The molecule has 0 spiro atoms. The molecule has 0 aliphatic rings. The third-order valence-electron chi connectivity index (χ3n) is 2.80. The summed E-state index contributed by atoms with van der Waals surface area (Å²) in [7, 11) is 3.85. The van der Waals surface area contributed by atoms with Gasteiger partial charge in [-0.05, 0) is 20.9 Å². The Kier molecular flexibility index (Phi) is 6.65. The molecule has 4 nitrogen and oxygen atoms in total. The Labute approximate surface area is 108 Å². The van der Waals surface area contributed by atoms with Crippen molar-refractivity contribution >= 4 is 11.3 Å². The average molecular weight is 257 g/mol. The van der Waals surface area contributed by atoms with E-state index in [0.717, 1.165) is 31.9 Å². The fraction of sp³-hybridized carbons (Fsp3) is 0.750. The lowest BCUT2D eigenvalue weighted by Crippen LogP contribution is -2.32. The highest BCUT2D eigenvalue weighted by Crippen LogP contribution is 2.20. The largest absolute Gasteiger partial charge is 0.383 e. The van der Waals surface area contributed by atoms with Gasteiger partial charge in [0.2, 0.25) is 0 Å². The average Bonchev–Trinajstić information content (AvgIpc) is 2.72. The molecule has 5 heteroatoms. The maximum atomic E-state index is 5.05. The van der Waals surface area contributed by atoms with Crippen LogP contribution in [0.4, 0.5) is 0 Å². The molecule has 0 radical (unpaired) electrons. The Morgan fingerprint density at radius 3 is 2.88 bits per heavy atom. The van der Waals surface area contributed by atoms with Gasteiger partial charge < -0.3 is 15.0 Å². The number of hydrogen-bond acceptors (Lipinski definition) is 5. The van der Waals surface area contributed by atoms with Crippen molar-refractivity contribution in [3.8, 4) is 0 Å². The molecular formula is C12H23N3OS. The lowest BCUT2D eigenvalue weighted by Gasteiger charge is -2.18. The van der Waals surface area contributed by atoms with E-state index in [1.165, 1.54) is 4.88 Å². The Morgan fingerprint density at radius 2 is 2.29 bits per heavy atom.